The number of piperidine rings is 1. The molecule has 0 radical (unpaired) electrons. The summed E-state index contributed by atoms with van der Waals surface area (Å²) < 4.78 is 16.7. The Bertz CT molecular complexity index is 686. The Morgan fingerprint density at radius 1 is 1.19 bits per heavy atom. The lowest BCUT2D eigenvalue weighted by Gasteiger charge is -2.32. The Hall–Kier alpha value is -2.34. The molecule has 26 heavy (non-hydrogen) atoms. The largest absolute Gasteiger partial charge is 0.491 e. The van der Waals surface area contributed by atoms with Crippen LogP contribution in [0.1, 0.15) is 29.9 Å². The van der Waals surface area contributed by atoms with Crippen LogP contribution in [0.2, 0.25) is 0 Å². The van der Waals surface area contributed by atoms with Crippen LogP contribution in [-0.4, -0.2) is 48.4 Å². The number of likely N-dealkylation sites (tertiary alicyclic amines) is 1. The number of nitrogens with zero attached hydrogens (tertiary/aromatic N) is 2. The average Bonchev–Trinajstić information content (AvgIpc) is 2.98. The molecule has 0 bridgehead atoms. The third-order valence-corrected chi connectivity index (χ3v) is 4.75. The number of para-hydroxylation sites is 1. The van der Waals surface area contributed by atoms with Gasteiger partial charge in [-0.1, -0.05) is 23.4 Å². The molecule has 0 spiro atoms. The zero-order chi connectivity index (χ0) is 18.4. The Balaban J connectivity index is 1.35. The number of benzene rings is 1. The van der Waals surface area contributed by atoms with Crippen LogP contribution in [0.5, 0.6) is 5.75 Å². The highest BCUT2D eigenvalue weighted by Crippen LogP contribution is 2.18. The highest BCUT2D eigenvalue weighted by Gasteiger charge is 2.24. The summed E-state index contributed by atoms with van der Waals surface area (Å²) in [6, 6.07) is 9.73. The van der Waals surface area contributed by atoms with Gasteiger partial charge in [0.2, 0.25) is 5.91 Å². The Morgan fingerprint density at radius 3 is 2.58 bits per heavy atom. The van der Waals surface area contributed by atoms with Gasteiger partial charge in [0.15, 0.2) is 0 Å². The molecule has 1 aliphatic heterocycles. The van der Waals surface area contributed by atoms with Gasteiger partial charge in [-0.15, -0.1) is 0 Å². The molecule has 6 nitrogen and oxygen atoms in total. The predicted molar refractivity (Wildman–Crippen MR) is 97.2 cm³/mol. The summed E-state index contributed by atoms with van der Waals surface area (Å²) >= 11 is 0. The van der Waals surface area contributed by atoms with Crippen molar-refractivity contribution in [1.82, 2.24) is 10.1 Å². The molecular weight excluding hydrogens is 332 g/mol. The van der Waals surface area contributed by atoms with Crippen LogP contribution in [0.3, 0.4) is 0 Å². The van der Waals surface area contributed by atoms with Crippen molar-refractivity contribution < 1.29 is 18.8 Å². The third-order valence-electron chi connectivity index (χ3n) is 4.75. The standard InChI is InChI=1S/C20H26N2O4/c1-15-19(16(2)26-21-15)14-20(23)22-10-8-18(9-11-22)25-13-12-24-17-6-4-3-5-7-17/h3-7,18H,8-14H2,1-2H3. The second-order valence-electron chi connectivity index (χ2n) is 6.59. The van der Waals surface area contributed by atoms with Crippen molar-refractivity contribution in [1.29, 1.82) is 0 Å². The molecule has 2 aromatic rings. The van der Waals surface area contributed by atoms with Crippen molar-refractivity contribution in [2.45, 2.75) is 39.2 Å². The predicted octanol–water partition coefficient (Wildman–Crippen LogP) is 2.92. The molecule has 0 saturated carbocycles. The lowest BCUT2D eigenvalue weighted by molar-refractivity contribution is -0.133. The fourth-order valence-electron chi connectivity index (χ4n) is 3.18. The number of amides is 1. The minimum absolute atomic E-state index is 0.130. The maximum atomic E-state index is 12.5. The van der Waals surface area contributed by atoms with E-state index < -0.39 is 0 Å². The summed E-state index contributed by atoms with van der Waals surface area (Å²) in [6.45, 7) is 6.28. The quantitative estimate of drug-likeness (QED) is 0.712. The van der Waals surface area contributed by atoms with Gasteiger partial charge in [0, 0.05) is 18.7 Å². The van der Waals surface area contributed by atoms with Gasteiger partial charge in [0.1, 0.15) is 18.1 Å². The molecule has 3 rings (SSSR count). The molecule has 1 fully saturated rings. The van der Waals surface area contributed by atoms with Gasteiger partial charge in [0.25, 0.3) is 0 Å². The summed E-state index contributed by atoms with van der Waals surface area (Å²) in [5.74, 6) is 1.72. The fraction of sp³-hybridized carbons (Fsp3) is 0.500. The number of hydrogen-bond donors (Lipinski definition) is 0. The highest BCUT2D eigenvalue weighted by atomic mass is 16.5. The van der Waals surface area contributed by atoms with Gasteiger partial charge in [-0.25, -0.2) is 0 Å². The SMILES string of the molecule is Cc1noc(C)c1CC(=O)N1CCC(OCCOc2ccccc2)CC1. The molecule has 2 heterocycles. The van der Waals surface area contributed by atoms with Crippen LogP contribution in [0.15, 0.2) is 34.9 Å². The van der Waals surface area contributed by atoms with E-state index in [9.17, 15) is 4.79 Å². The average molecular weight is 358 g/mol. The molecule has 6 heteroatoms. The van der Waals surface area contributed by atoms with Crippen molar-refractivity contribution in [2.75, 3.05) is 26.3 Å². The minimum atomic E-state index is 0.130. The van der Waals surface area contributed by atoms with Crippen LogP contribution in [0, 0.1) is 13.8 Å². The number of ether oxygens (including phenoxy) is 2. The first-order valence-corrected chi connectivity index (χ1v) is 9.12. The molecule has 1 amide bonds. The normalized spacial score (nSPS) is 15.2. The van der Waals surface area contributed by atoms with Crippen LogP contribution in [0.4, 0.5) is 0 Å². The van der Waals surface area contributed by atoms with E-state index in [4.69, 9.17) is 14.0 Å². The molecule has 0 atom stereocenters. The molecule has 1 saturated heterocycles. The second-order valence-corrected chi connectivity index (χ2v) is 6.59. The molecule has 0 N–H and O–H groups in total. The van der Waals surface area contributed by atoms with Gasteiger partial charge in [0.05, 0.1) is 24.8 Å². The van der Waals surface area contributed by atoms with Gasteiger partial charge >= 0.3 is 0 Å². The van der Waals surface area contributed by atoms with E-state index in [1.54, 1.807) is 0 Å². The van der Waals surface area contributed by atoms with E-state index in [0.717, 1.165) is 48.7 Å². The van der Waals surface area contributed by atoms with Crippen molar-refractivity contribution in [3.05, 3.63) is 47.3 Å². The number of aryl methyl sites for hydroxylation is 2. The lowest BCUT2D eigenvalue weighted by Crippen LogP contribution is -2.42. The van der Waals surface area contributed by atoms with Crippen molar-refractivity contribution in [3.8, 4) is 5.75 Å². The molecule has 0 unspecified atom stereocenters. The molecule has 1 aromatic heterocycles. The molecular formula is C20H26N2O4. The molecule has 140 valence electrons. The summed E-state index contributed by atoms with van der Waals surface area (Å²) in [6.07, 6.45) is 2.27. The minimum Gasteiger partial charge on any atom is -0.491 e. The molecule has 1 aromatic carbocycles. The van der Waals surface area contributed by atoms with Crippen molar-refractivity contribution in [2.24, 2.45) is 0 Å². The number of carbonyl (C=O) groups excluding carboxylic acids is 1. The van der Waals surface area contributed by atoms with Crippen LogP contribution >= 0.6 is 0 Å². The Morgan fingerprint density at radius 2 is 1.92 bits per heavy atom. The monoisotopic (exact) mass is 358 g/mol. The summed E-state index contributed by atoms with van der Waals surface area (Å²) in [4.78, 5) is 14.4. The summed E-state index contributed by atoms with van der Waals surface area (Å²) in [7, 11) is 0. The first-order valence-electron chi connectivity index (χ1n) is 9.12. The summed E-state index contributed by atoms with van der Waals surface area (Å²) in [5.41, 5.74) is 1.71. The van der Waals surface area contributed by atoms with E-state index in [1.165, 1.54) is 0 Å². The van der Waals surface area contributed by atoms with Gasteiger partial charge in [-0.2, -0.15) is 0 Å². The van der Waals surface area contributed by atoms with Gasteiger partial charge in [-0.3, -0.25) is 4.79 Å². The topological polar surface area (TPSA) is 64.8 Å². The van der Waals surface area contributed by atoms with E-state index in [2.05, 4.69) is 5.16 Å². The maximum Gasteiger partial charge on any atom is 0.227 e. The van der Waals surface area contributed by atoms with E-state index >= 15 is 0 Å². The van der Waals surface area contributed by atoms with Crippen LogP contribution in [-0.2, 0) is 16.0 Å². The number of rotatable bonds is 7. The van der Waals surface area contributed by atoms with Crippen molar-refractivity contribution >= 4 is 5.91 Å². The zero-order valence-corrected chi connectivity index (χ0v) is 15.4. The lowest BCUT2D eigenvalue weighted by atomic mass is 10.1. The fourth-order valence-corrected chi connectivity index (χ4v) is 3.18. The number of hydrogen-bond acceptors (Lipinski definition) is 5. The third kappa shape index (κ3) is 4.85. The van der Waals surface area contributed by atoms with Crippen molar-refractivity contribution in [3.63, 3.8) is 0 Å². The van der Waals surface area contributed by atoms with E-state index in [0.29, 0.717) is 19.6 Å². The van der Waals surface area contributed by atoms with Crippen LogP contribution < -0.4 is 4.74 Å². The highest BCUT2D eigenvalue weighted by molar-refractivity contribution is 5.79. The first kappa shape index (κ1) is 18.5. The van der Waals surface area contributed by atoms with Crippen LogP contribution in [0.25, 0.3) is 0 Å². The van der Waals surface area contributed by atoms with E-state index in [1.807, 2.05) is 49.1 Å². The second kappa shape index (κ2) is 8.85. The van der Waals surface area contributed by atoms with Gasteiger partial charge < -0.3 is 18.9 Å². The first-order chi connectivity index (χ1) is 12.6. The Labute approximate surface area is 154 Å². The molecule has 0 aliphatic carbocycles. The van der Waals surface area contributed by atoms with Gasteiger partial charge in [-0.05, 0) is 38.8 Å². The maximum absolute atomic E-state index is 12.5. The molecule has 1 aliphatic rings. The Kier molecular flexibility index (Phi) is 6.28. The zero-order valence-electron chi connectivity index (χ0n) is 15.4. The number of carbonyl (C=O) groups is 1. The smallest absolute Gasteiger partial charge is 0.227 e. The van der Waals surface area contributed by atoms with E-state index in [-0.39, 0.29) is 12.0 Å². The number of aromatic nitrogens is 1. The summed E-state index contributed by atoms with van der Waals surface area (Å²) in [5, 5.41) is 3.91.